The van der Waals surface area contributed by atoms with Crippen LogP contribution < -0.4 is 5.32 Å². The second-order valence-electron chi connectivity index (χ2n) is 4.52. The van der Waals surface area contributed by atoms with Crippen LogP contribution in [0.3, 0.4) is 0 Å². The van der Waals surface area contributed by atoms with Gasteiger partial charge in [0.2, 0.25) is 0 Å². The minimum Gasteiger partial charge on any atom is -0.312 e. The Morgan fingerprint density at radius 1 is 1.50 bits per heavy atom. The molecule has 2 rings (SSSR count). The van der Waals surface area contributed by atoms with Crippen LogP contribution >= 0.6 is 0 Å². The van der Waals surface area contributed by atoms with Gasteiger partial charge in [-0.15, -0.1) is 0 Å². The molecular formula is C11H19N3. The van der Waals surface area contributed by atoms with E-state index in [0.717, 1.165) is 30.6 Å². The number of nitrogens with one attached hydrogen (secondary N) is 2. The van der Waals surface area contributed by atoms with Gasteiger partial charge >= 0.3 is 0 Å². The minimum absolute atomic E-state index is 0.919. The van der Waals surface area contributed by atoms with E-state index in [9.17, 15) is 0 Å². The number of aromatic amines is 1. The smallest absolute Gasteiger partial charge is 0.0638 e. The lowest BCUT2D eigenvalue weighted by Crippen LogP contribution is -2.17. The highest BCUT2D eigenvalue weighted by atomic mass is 15.1. The molecule has 3 heteroatoms. The average molecular weight is 193 g/mol. The van der Waals surface area contributed by atoms with Gasteiger partial charge in [0, 0.05) is 17.8 Å². The summed E-state index contributed by atoms with van der Waals surface area (Å²) in [4.78, 5) is 0. The first-order valence-electron chi connectivity index (χ1n) is 5.39. The van der Waals surface area contributed by atoms with E-state index in [-0.39, 0.29) is 0 Å². The highest BCUT2D eigenvalue weighted by Crippen LogP contribution is 2.36. The maximum atomic E-state index is 4.18. The van der Waals surface area contributed by atoms with Crippen molar-refractivity contribution in [3.8, 4) is 0 Å². The van der Waals surface area contributed by atoms with Crippen molar-refractivity contribution in [2.45, 2.75) is 33.7 Å². The number of H-pyrrole nitrogens is 1. The fourth-order valence-electron chi connectivity index (χ4n) is 1.90. The summed E-state index contributed by atoms with van der Waals surface area (Å²) in [5, 5.41) is 10.7. The molecule has 1 fully saturated rings. The topological polar surface area (TPSA) is 40.7 Å². The Morgan fingerprint density at radius 2 is 2.21 bits per heavy atom. The lowest BCUT2D eigenvalue weighted by atomic mass is 10.2. The molecule has 14 heavy (non-hydrogen) atoms. The highest BCUT2D eigenvalue weighted by Gasteiger charge is 2.31. The molecule has 0 bridgehead atoms. The van der Waals surface area contributed by atoms with Gasteiger partial charge in [0.05, 0.1) is 5.69 Å². The Kier molecular flexibility index (Phi) is 2.59. The molecule has 2 atom stereocenters. The average Bonchev–Trinajstić information content (AvgIpc) is 2.76. The zero-order valence-electron chi connectivity index (χ0n) is 9.22. The van der Waals surface area contributed by atoms with Crippen LogP contribution in [0.5, 0.6) is 0 Å². The van der Waals surface area contributed by atoms with E-state index in [4.69, 9.17) is 0 Å². The molecule has 2 unspecified atom stereocenters. The molecule has 78 valence electrons. The number of rotatable bonds is 4. The van der Waals surface area contributed by atoms with E-state index >= 15 is 0 Å². The van der Waals surface area contributed by atoms with Crippen LogP contribution in [0.1, 0.15) is 30.3 Å². The molecule has 1 saturated carbocycles. The Morgan fingerprint density at radius 3 is 2.71 bits per heavy atom. The number of aryl methyl sites for hydroxylation is 2. The first-order valence-corrected chi connectivity index (χ1v) is 5.39. The minimum atomic E-state index is 0.919. The van der Waals surface area contributed by atoms with Crippen LogP contribution in [0.25, 0.3) is 0 Å². The second kappa shape index (κ2) is 3.73. The molecule has 1 heterocycles. The molecule has 1 aromatic rings. The second-order valence-corrected chi connectivity index (χ2v) is 4.52. The van der Waals surface area contributed by atoms with Gasteiger partial charge in [-0.2, -0.15) is 5.10 Å². The third-order valence-electron chi connectivity index (χ3n) is 3.27. The third-order valence-corrected chi connectivity index (χ3v) is 3.27. The Hall–Kier alpha value is -0.830. The predicted molar refractivity (Wildman–Crippen MR) is 57.0 cm³/mol. The standard InChI is InChI=1S/C11H19N3/c1-7-4-10(7)5-12-6-11-8(2)13-14-9(11)3/h7,10,12H,4-6H2,1-3H3,(H,13,14). The summed E-state index contributed by atoms with van der Waals surface area (Å²) < 4.78 is 0. The van der Waals surface area contributed by atoms with Crippen LogP contribution in [0.15, 0.2) is 0 Å². The Balaban J connectivity index is 1.80. The number of aromatic nitrogens is 2. The molecule has 3 nitrogen and oxygen atoms in total. The van der Waals surface area contributed by atoms with Gasteiger partial charge in [-0.25, -0.2) is 0 Å². The van der Waals surface area contributed by atoms with Crippen molar-refractivity contribution < 1.29 is 0 Å². The van der Waals surface area contributed by atoms with Gasteiger partial charge in [0.15, 0.2) is 0 Å². The van der Waals surface area contributed by atoms with Gasteiger partial charge in [-0.3, -0.25) is 5.10 Å². The Labute approximate surface area is 85.3 Å². The van der Waals surface area contributed by atoms with Crippen LogP contribution in [0.4, 0.5) is 0 Å². The van der Waals surface area contributed by atoms with E-state index in [2.05, 4.69) is 36.3 Å². The van der Waals surface area contributed by atoms with Gasteiger partial charge in [-0.05, 0) is 38.6 Å². The molecule has 0 radical (unpaired) electrons. The predicted octanol–water partition coefficient (Wildman–Crippen LogP) is 1.77. The van der Waals surface area contributed by atoms with Crippen molar-refractivity contribution in [3.05, 3.63) is 17.0 Å². The lowest BCUT2D eigenvalue weighted by Gasteiger charge is -2.03. The molecular weight excluding hydrogens is 174 g/mol. The molecule has 0 spiro atoms. The van der Waals surface area contributed by atoms with Crippen molar-refractivity contribution in [1.29, 1.82) is 0 Å². The van der Waals surface area contributed by atoms with Gasteiger partial charge < -0.3 is 5.32 Å². The first kappa shape index (κ1) is 9.71. The molecule has 1 aromatic heterocycles. The fraction of sp³-hybridized carbons (Fsp3) is 0.727. The summed E-state index contributed by atoms with van der Waals surface area (Å²) in [6.07, 6.45) is 1.40. The summed E-state index contributed by atoms with van der Waals surface area (Å²) in [6.45, 7) is 8.57. The van der Waals surface area contributed by atoms with Crippen molar-refractivity contribution >= 4 is 0 Å². The van der Waals surface area contributed by atoms with Gasteiger partial charge in [0.1, 0.15) is 0 Å². The number of hydrogen-bond donors (Lipinski definition) is 2. The summed E-state index contributed by atoms with van der Waals surface area (Å²) in [6, 6.07) is 0. The summed E-state index contributed by atoms with van der Waals surface area (Å²) in [7, 11) is 0. The molecule has 1 aliphatic rings. The van der Waals surface area contributed by atoms with Crippen molar-refractivity contribution in [2.75, 3.05) is 6.54 Å². The van der Waals surface area contributed by atoms with E-state index in [1.807, 2.05) is 0 Å². The van der Waals surface area contributed by atoms with Crippen LogP contribution in [0.2, 0.25) is 0 Å². The van der Waals surface area contributed by atoms with Gasteiger partial charge in [-0.1, -0.05) is 6.92 Å². The van der Waals surface area contributed by atoms with Crippen molar-refractivity contribution in [1.82, 2.24) is 15.5 Å². The van der Waals surface area contributed by atoms with E-state index < -0.39 is 0 Å². The number of hydrogen-bond acceptors (Lipinski definition) is 2. The van der Waals surface area contributed by atoms with Crippen LogP contribution in [0, 0.1) is 25.7 Å². The molecule has 1 aliphatic carbocycles. The zero-order chi connectivity index (χ0) is 10.1. The van der Waals surface area contributed by atoms with Crippen LogP contribution in [-0.4, -0.2) is 16.7 Å². The SMILES string of the molecule is Cc1n[nH]c(C)c1CNCC1CC1C. The maximum Gasteiger partial charge on any atom is 0.0638 e. The van der Waals surface area contributed by atoms with Crippen molar-refractivity contribution in [2.24, 2.45) is 11.8 Å². The molecule has 0 amide bonds. The highest BCUT2D eigenvalue weighted by molar-refractivity contribution is 5.22. The molecule has 0 aliphatic heterocycles. The molecule has 2 N–H and O–H groups in total. The first-order chi connectivity index (χ1) is 6.68. The Bertz CT molecular complexity index is 297. The quantitative estimate of drug-likeness (QED) is 0.765. The summed E-state index contributed by atoms with van der Waals surface area (Å²) >= 11 is 0. The number of nitrogens with zero attached hydrogens (tertiary/aromatic N) is 1. The largest absolute Gasteiger partial charge is 0.312 e. The third kappa shape index (κ3) is 1.98. The monoisotopic (exact) mass is 193 g/mol. The molecule has 0 saturated heterocycles. The van der Waals surface area contributed by atoms with E-state index in [1.165, 1.54) is 17.7 Å². The zero-order valence-corrected chi connectivity index (χ0v) is 9.22. The lowest BCUT2D eigenvalue weighted by molar-refractivity contribution is 0.609. The normalized spacial score (nSPS) is 25.4. The van der Waals surface area contributed by atoms with Gasteiger partial charge in [0.25, 0.3) is 0 Å². The fourth-order valence-corrected chi connectivity index (χ4v) is 1.90. The van der Waals surface area contributed by atoms with E-state index in [1.54, 1.807) is 0 Å². The summed E-state index contributed by atoms with van der Waals surface area (Å²) in [5.41, 5.74) is 3.65. The summed E-state index contributed by atoms with van der Waals surface area (Å²) in [5.74, 6) is 1.86. The van der Waals surface area contributed by atoms with E-state index in [0.29, 0.717) is 0 Å². The maximum absolute atomic E-state index is 4.18. The van der Waals surface area contributed by atoms with Crippen molar-refractivity contribution in [3.63, 3.8) is 0 Å². The van der Waals surface area contributed by atoms with Crippen LogP contribution in [-0.2, 0) is 6.54 Å². The molecule has 0 aromatic carbocycles.